The second-order valence-corrected chi connectivity index (χ2v) is 7.33. The van der Waals surface area contributed by atoms with Crippen molar-refractivity contribution in [1.82, 2.24) is 0 Å². The number of aromatic hydroxyl groups is 1. The molecule has 5 heteroatoms. The number of hydrogen-bond acceptors (Lipinski definition) is 5. The molecule has 0 atom stereocenters. The van der Waals surface area contributed by atoms with Gasteiger partial charge in [-0.05, 0) is 31.6 Å². The molecule has 28 heavy (non-hydrogen) atoms. The van der Waals surface area contributed by atoms with Crippen LogP contribution in [-0.2, 0) is 0 Å². The van der Waals surface area contributed by atoms with Crippen LogP contribution in [0.4, 0.5) is 0 Å². The fourth-order valence-corrected chi connectivity index (χ4v) is 3.51. The molecular formula is C23H20O5. The predicted molar refractivity (Wildman–Crippen MR) is 108 cm³/mol. The molecule has 1 aliphatic heterocycles. The molecule has 0 aliphatic carbocycles. The van der Waals surface area contributed by atoms with E-state index in [0.717, 1.165) is 5.56 Å². The third-order valence-electron chi connectivity index (χ3n) is 4.85. The van der Waals surface area contributed by atoms with Crippen LogP contribution in [0.1, 0.15) is 43.1 Å². The first kappa shape index (κ1) is 18.0. The first-order valence-corrected chi connectivity index (χ1v) is 9.16. The molecule has 5 nitrogen and oxygen atoms in total. The molecule has 0 saturated heterocycles. The molecule has 1 aromatic heterocycles. The van der Waals surface area contributed by atoms with Gasteiger partial charge in [0.25, 0.3) is 0 Å². The van der Waals surface area contributed by atoms with Crippen molar-refractivity contribution >= 4 is 22.8 Å². The lowest BCUT2D eigenvalue weighted by molar-refractivity contribution is 0.0972. The summed E-state index contributed by atoms with van der Waals surface area (Å²) in [5, 5.41) is 11.5. The van der Waals surface area contributed by atoms with Crippen LogP contribution in [0.5, 0.6) is 11.5 Å². The van der Waals surface area contributed by atoms with Crippen molar-refractivity contribution in [2.24, 2.45) is 0 Å². The highest BCUT2D eigenvalue weighted by molar-refractivity contribution is 6.12. The van der Waals surface area contributed by atoms with Gasteiger partial charge in [-0.15, -0.1) is 0 Å². The molecule has 0 spiro atoms. The van der Waals surface area contributed by atoms with Gasteiger partial charge >= 0.3 is 5.63 Å². The Labute approximate surface area is 161 Å². The summed E-state index contributed by atoms with van der Waals surface area (Å²) in [5.74, 6) is -0.223. The maximum absolute atomic E-state index is 12.7. The summed E-state index contributed by atoms with van der Waals surface area (Å²) in [7, 11) is 0. The van der Waals surface area contributed by atoms with E-state index in [2.05, 4.69) is 0 Å². The fraction of sp³-hybridized carbons (Fsp3) is 0.217. The van der Waals surface area contributed by atoms with Gasteiger partial charge in [-0.3, -0.25) is 4.79 Å². The number of carbonyl (C=O) groups excluding carboxylic acids is 1. The summed E-state index contributed by atoms with van der Waals surface area (Å²) < 4.78 is 11.5. The van der Waals surface area contributed by atoms with Crippen LogP contribution >= 0.6 is 0 Å². The highest BCUT2D eigenvalue weighted by Gasteiger charge is 2.32. The molecule has 2 heterocycles. The van der Waals surface area contributed by atoms with Gasteiger partial charge in [0.1, 0.15) is 22.7 Å². The number of carbonyl (C=O) groups is 1. The van der Waals surface area contributed by atoms with Crippen molar-refractivity contribution in [3.05, 3.63) is 64.0 Å². The Morgan fingerprint density at radius 2 is 1.89 bits per heavy atom. The number of phenols is 1. The van der Waals surface area contributed by atoms with Crippen LogP contribution in [0.25, 0.3) is 28.2 Å². The standard InChI is InChI=1S/C23H20O5/c1-4-16(24)19-20(26)18-15(13-8-6-5-7-9-13)12-17(25)27-21(18)14-10-11-23(2,3)28-22(14)19/h5-12,26H,4H2,1-3H3. The number of phenolic OH excluding ortho intramolecular Hbond substituents is 1. The van der Waals surface area contributed by atoms with E-state index in [4.69, 9.17) is 9.15 Å². The Morgan fingerprint density at radius 1 is 1.18 bits per heavy atom. The van der Waals surface area contributed by atoms with Crippen molar-refractivity contribution in [3.63, 3.8) is 0 Å². The minimum atomic E-state index is -0.660. The van der Waals surface area contributed by atoms with Crippen LogP contribution in [0.15, 0.2) is 51.7 Å². The molecule has 0 fully saturated rings. The van der Waals surface area contributed by atoms with E-state index in [1.165, 1.54) is 6.07 Å². The largest absolute Gasteiger partial charge is 0.506 e. The number of ketones is 1. The third kappa shape index (κ3) is 2.80. The Balaban J connectivity index is 2.20. The number of benzene rings is 2. The Kier molecular flexibility index (Phi) is 4.11. The van der Waals surface area contributed by atoms with E-state index in [1.54, 1.807) is 13.0 Å². The van der Waals surface area contributed by atoms with Gasteiger partial charge in [-0.25, -0.2) is 4.79 Å². The highest BCUT2D eigenvalue weighted by Crippen LogP contribution is 2.47. The Morgan fingerprint density at radius 3 is 2.57 bits per heavy atom. The second kappa shape index (κ2) is 6.37. The molecule has 0 radical (unpaired) electrons. The van der Waals surface area contributed by atoms with Crippen LogP contribution < -0.4 is 10.4 Å². The van der Waals surface area contributed by atoms with Crippen LogP contribution in [-0.4, -0.2) is 16.5 Å². The van der Waals surface area contributed by atoms with Crippen LogP contribution in [0.3, 0.4) is 0 Å². The van der Waals surface area contributed by atoms with Crippen LogP contribution in [0.2, 0.25) is 0 Å². The molecule has 142 valence electrons. The fourth-order valence-electron chi connectivity index (χ4n) is 3.51. The lowest BCUT2D eigenvalue weighted by atomic mass is 9.91. The maximum Gasteiger partial charge on any atom is 0.336 e. The first-order chi connectivity index (χ1) is 13.3. The zero-order valence-corrected chi connectivity index (χ0v) is 15.9. The SMILES string of the molecule is CCC(=O)c1c2c(c3oc(=O)cc(-c4ccccc4)c3c1O)C=CC(C)(C)O2. The van der Waals surface area contributed by atoms with Crippen molar-refractivity contribution in [2.75, 3.05) is 0 Å². The van der Waals surface area contributed by atoms with Gasteiger partial charge in [0.2, 0.25) is 0 Å². The molecular weight excluding hydrogens is 356 g/mol. The van der Waals surface area contributed by atoms with Crippen molar-refractivity contribution in [3.8, 4) is 22.6 Å². The number of hydrogen-bond donors (Lipinski definition) is 1. The number of Topliss-reactive ketones (excluding diaryl/α,β-unsaturated/α-hetero) is 1. The van der Waals surface area contributed by atoms with Crippen molar-refractivity contribution < 1.29 is 19.1 Å². The normalized spacial score (nSPS) is 14.5. The second-order valence-electron chi connectivity index (χ2n) is 7.33. The van der Waals surface area contributed by atoms with E-state index < -0.39 is 11.2 Å². The summed E-state index contributed by atoms with van der Waals surface area (Å²) in [6.07, 6.45) is 3.82. The Bertz CT molecular complexity index is 1180. The van der Waals surface area contributed by atoms with Gasteiger partial charge in [-0.1, -0.05) is 37.3 Å². The molecule has 1 N–H and O–H groups in total. The topological polar surface area (TPSA) is 76.7 Å². The number of fused-ring (bicyclic) bond motifs is 3. The smallest absolute Gasteiger partial charge is 0.336 e. The van der Waals surface area contributed by atoms with Gasteiger partial charge in [-0.2, -0.15) is 0 Å². The van der Waals surface area contributed by atoms with E-state index >= 15 is 0 Å². The quantitative estimate of drug-likeness (QED) is 0.517. The molecule has 0 unspecified atom stereocenters. The zero-order valence-electron chi connectivity index (χ0n) is 15.9. The summed E-state index contributed by atoms with van der Waals surface area (Å²) in [6, 6.07) is 10.6. The van der Waals surface area contributed by atoms with Gasteiger partial charge < -0.3 is 14.3 Å². The minimum absolute atomic E-state index is 0.119. The summed E-state index contributed by atoms with van der Waals surface area (Å²) >= 11 is 0. The maximum atomic E-state index is 12.7. The molecule has 0 saturated carbocycles. The molecule has 0 amide bonds. The minimum Gasteiger partial charge on any atom is -0.506 e. The molecule has 0 bridgehead atoms. The van der Waals surface area contributed by atoms with Gasteiger partial charge in [0.05, 0.1) is 10.9 Å². The average molecular weight is 376 g/mol. The first-order valence-electron chi connectivity index (χ1n) is 9.16. The van der Waals surface area contributed by atoms with E-state index in [-0.39, 0.29) is 34.8 Å². The Hall–Kier alpha value is -3.34. The van der Waals surface area contributed by atoms with Crippen molar-refractivity contribution in [2.45, 2.75) is 32.8 Å². The summed E-state index contributed by atoms with van der Waals surface area (Å²) in [5.41, 5.74) is 0.862. The van der Waals surface area contributed by atoms with E-state index in [9.17, 15) is 14.7 Å². The number of rotatable bonds is 3. The van der Waals surface area contributed by atoms with E-state index in [1.807, 2.05) is 50.3 Å². The lowest BCUT2D eigenvalue weighted by Crippen LogP contribution is -2.29. The monoisotopic (exact) mass is 376 g/mol. The lowest BCUT2D eigenvalue weighted by Gasteiger charge is -2.30. The average Bonchev–Trinajstić information content (AvgIpc) is 2.67. The summed E-state index contributed by atoms with van der Waals surface area (Å²) in [6.45, 7) is 5.43. The molecule has 3 aromatic rings. The van der Waals surface area contributed by atoms with Gasteiger partial charge in [0, 0.05) is 18.1 Å². The molecule has 4 rings (SSSR count). The van der Waals surface area contributed by atoms with E-state index in [0.29, 0.717) is 16.5 Å². The number of ether oxygens (including phenoxy) is 1. The van der Waals surface area contributed by atoms with Crippen LogP contribution in [0, 0.1) is 0 Å². The molecule has 2 aromatic carbocycles. The predicted octanol–water partition coefficient (Wildman–Crippen LogP) is 4.94. The highest BCUT2D eigenvalue weighted by atomic mass is 16.5. The van der Waals surface area contributed by atoms with Gasteiger partial charge in [0.15, 0.2) is 11.4 Å². The van der Waals surface area contributed by atoms with Crippen molar-refractivity contribution in [1.29, 1.82) is 0 Å². The molecule has 1 aliphatic rings. The third-order valence-corrected chi connectivity index (χ3v) is 4.85. The zero-order chi connectivity index (χ0) is 20.1. The summed E-state index contributed by atoms with van der Waals surface area (Å²) in [4.78, 5) is 25.0.